The van der Waals surface area contributed by atoms with Crippen molar-refractivity contribution >= 4 is 0 Å². The lowest BCUT2D eigenvalue weighted by atomic mass is 9.96. The second kappa shape index (κ2) is 5.21. The third kappa shape index (κ3) is 2.18. The van der Waals surface area contributed by atoms with E-state index in [2.05, 4.69) is 4.98 Å². The average Bonchev–Trinajstić information content (AvgIpc) is 2.48. The molecule has 1 aromatic heterocycles. The molecule has 98 valence electrons. The van der Waals surface area contributed by atoms with Gasteiger partial charge in [0.15, 0.2) is 0 Å². The van der Waals surface area contributed by atoms with Crippen molar-refractivity contribution < 1.29 is 8.78 Å². The molecule has 0 radical (unpaired) electrons. The van der Waals surface area contributed by atoms with Crippen LogP contribution in [0.4, 0.5) is 8.78 Å². The minimum Gasteiger partial charge on any atom is -0.264 e. The van der Waals surface area contributed by atoms with Gasteiger partial charge < -0.3 is 0 Å². The first kappa shape index (κ1) is 12.5. The number of benzene rings is 2. The van der Waals surface area contributed by atoms with Crippen molar-refractivity contribution in [3.05, 3.63) is 78.6 Å². The predicted octanol–water partition coefficient (Wildman–Crippen LogP) is 4.69. The molecule has 3 heteroatoms. The summed E-state index contributed by atoms with van der Waals surface area (Å²) in [7, 11) is 0. The van der Waals surface area contributed by atoms with E-state index in [1.165, 1.54) is 12.1 Å². The van der Waals surface area contributed by atoms with E-state index in [9.17, 15) is 8.78 Å². The van der Waals surface area contributed by atoms with Gasteiger partial charge in [-0.1, -0.05) is 36.4 Å². The molecule has 3 rings (SSSR count). The number of hydrogen-bond acceptors (Lipinski definition) is 1. The normalized spacial score (nSPS) is 10.5. The topological polar surface area (TPSA) is 12.9 Å². The van der Waals surface area contributed by atoms with Crippen LogP contribution in [0, 0.1) is 11.6 Å². The molecule has 0 bridgehead atoms. The molecule has 2 aromatic carbocycles. The number of nitrogens with zero attached hydrogens (tertiary/aromatic N) is 1. The fourth-order valence-electron chi connectivity index (χ4n) is 2.20. The largest absolute Gasteiger partial charge is 0.264 e. The van der Waals surface area contributed by atoms with Crippen LogP contribution >= 0.6 is 0 Å². The molecule has 0 saturated carbocycles. The van der Waals surface area contributed by atoms with Crippen molar-refractivity contribution in [3.8, 4) is 22.3 Å². The fraction of sp³-hybridized carbons (Fsp3) is 0. The highest BCUT2D eigenvalue weighted by Gasteiger charge is 2.13. The van der Waals surface area contributed by atoms with Crippen LogP contribution in [0.15, 0.2) is 67.0 Å². The summed E-state index contributed by atoms with van der Waals surface area (Å²) in [6.45, 7) is 0. The van der Waals surface area contributed by atoms with Gasteiger partial charge in [-0.25, -0.2) is 8.78 Å². The van der Waals surface area contributed by atoms with Crippen molar-refractivity contribution in [3.63, 3.8) is 0 Å². The van der Waals surface area contributed by atoms with E-state index in [0.29, 0.717) is 22.3 Å². The van der Waals surface area contributed by atoms with Crippen LogP contribution in [-0.2, 0) is 0 Å². The third-order valence-electron chi connectivity index (χ3n) is 3.15. The second-order valence-corrected chi connectivity index (χ2v) is 4.38. The monoisotopic (exact) mass is 267 g/mol. The SMILES string of the molecule is Fc1ccccc1-c1ccncc1-c1ccccc1F. The van der Waals surface area contributed by atoms with Crippen LogP contribution in [0.1, 0.15) is 0 Å². The second-order valence-electron chi connectivity index (χ2n) is 4.38. The highest BCUT2D eigenvalue weighted by atomic mass is 19.1. The molecular weight excluding hydrogens is 256 g/mol. The Labute approximate surface area is 115 Å². The van der Waals surface area contributed by atoms with Gasteiger partial charge in [-0.15, -0.1) is 0 Å². The molecule has 0 atom stereocenters. The maximum absolute atomic E-state index is 14.0. The van der Waals surface area contributed by atoms with Crippen molar-refractivity contribution in [2.45, 2.75) is 0 Å². The van der Waals surface area contributed by atoms with Gasteiger partial charge in [0.1, 0.15) is 11.6 Å². The van der Waals surface area contributed by atoms with Gasteiger partial charge in [-0.05, 0) is 23.8 Å². The molecule has 0 spiro atoms. The Hall–Kier alpha value is -2.55. The summed E-state index contributed by atoms with van der Waals surface area (Å²) >= 11 is 0. The molecule has 0 aliphatic rings. The van der Waals surface area contributed by atoms with E-state index in [1.807, 2.05) is 0 Å². The molecule has 0 fully saturated rings. The minimum absolute atomic E-state index is 0.337. The van der Waals surface area contributed by atoms with Crippen molar-refractivity contribution in [2.24, 2.45) is 0 Å². The van der Waals surface area contributed by atoms with E-state index in [0.717, 1.165) is 0 Å². The Kier molecular flexibility index (Phi) is 3.25. The van der Waals surface area contributed by atoms with E-state index < -0.39 is 0 Å². The van der Waals surface area contributed by atoms with Crippen LogP contribution in [0.2, 0.25) is 0 Å². The Morgan fingerprint density at radius 3 is 1.75 bits per heavy atom. The molecular formula is C17H11F2N. The summed E-state index contributed by atoms with van der Waals surface area (Å²) in [5, 5.41) is 0. The molecule has 0 amide bonds. The maximum Gasteiger partial charge on any atom is 0.131 e. The highest BCUT2D eigenvalue weighted by molar-refractivity contribution is 5.83. The minimum atomic E-state index is -0.349. The summed E-state index contributed by atoms with van der Waals surface area (Å²) in [4.78, 5) is 4.03. The van der Waals surface area contributed by atoms with Gasteiger partial charge in [-0.3, -0.25) is 4.98 Å². The number of rotatable bonds is 2. The standard InChI is InChI=1S/C17H11F2N/c18-16-7-3-1-5-13(16)12-9-10-20-11-15(12)14-6-2-4-8-17(14)19/h1-11H. The Balaban J connectivity index is 2.25. The number of pyridine rings is 1. The molecule has 0 aliphatic heterocycles. The Bertz CT molecular complexity index is 689. The molecule has 0 aliphatic carbocycles. The summed E-state index contributed by atoms with van der Waals surface area (Å²) in [6, 6.07) is 14.6. The predicted molar refractivity (Wildman–Crippen MR) is 75.0 cm³/mol. The molecule has 3 aromatic rings. The summed E-state index contributed by atoms with van der Waals surface area (Å²) in [6.07, 6.45) is 3.13. The molecule has 20 heavy (non-hydrogen) atoms. The quantitative estimate of drug-likeness (QED) is 0.656. The third-order valence-corrected chi connectivity index (χ3v) is 3.15. The first-order valence-electron chi connectivity index (χ1n) is 6.21. The first-order chi connectivity index (χ1) is 9.77. The maximum atomic E-state index is 14.0. The molecule has 0 saturated heterocycles. The summed E-state index contributed by atoms with van der Waals surface area (Å²) in [5.41, 5.74) is 2.06. The number of halogens is 2. The van der Waals surface area contributed by atoms with Crippen LogP contribution in [-0.4, -0.2) is 4.98 Å². The van der Waals surface area contributed by atoms with Gasteiger partial charge in [0.25, 0.3) is 0 Å². The lowest BCUT2D eigenvalue weighted by molar-refractivity contribution is 0.629. The average molecular weight is 267 g/mol. The van der Waals surface area contributed by atoms with Crippen molar-refractivity contribution in [2.75, 3.05) is 0 Å². The van der Waals surface area contributed by atoms with Gasteiger partial charge in [0.2, 0.25) is 0 Å². The van der Waals surface area contributed by atoms with Crippen LogP contribution in [0.3, 0.4) is 0 Å². The fourth-order valence-corrected chi connectivity index (χ4v) is 2.20. The highest BCUT2D eigenvalue weighted by Crippen LogP contribution is 2.33. The van der Waals surface area contributed by atoms with Crippen LogP contribution in [0.5, 0.6) is 0 Å². The Morgan fingerprint density at radius 2 is 1.15 bits per heavy atom. The summed E-state index contributed by atoms with van der Waals surface area (Å²) in [5.74, 6) is -0.686. The molecule has 0 N–H and O–H groups in total. The van der Waals surface area contributed by atoms with Gasteiger partial charge in [0, 0.05) is 29.1 Å². The van der Waals surface area contributed by atoms with Crippen molar-refractivity contribution in [1.29, 1.82) is 0 Å². The molecule has 0 unspecified atom stereocenters. The van der Waals surface area contributed by atoms with Crippen LogP contribution < -0.4 is 0 Å². The smallest absolute Gasteiger partial charge is 0.131 e. The first-order valence-corrected chi connectivity index (χ1v) is 6.21. The van der Waals surface area contributed by atoms with Gasteiger partial charge >= 0.3 is 0 Å². The lowest BCUT2D eigenvalue weighted by Crippen LogP contribution is -1.91. The molecule has 1 heterocycles. The zero-order valence-electron chi connectivity index (χ0n) is 10.6. The Morgan fingerprint density at radius 1 is 0.600 bits per heavy atom. The number of hydrogen-bond donors (Lipinski definition) is 0. The van der Waals surface area contributed by atoms with E-state index >= 15 is 0 Å². The van der Waals surface area contributed by atoms with Crippen molar-refractivity contribution in [1.82, 2.24) is 4.98 Å². The zero-order chi connectivity index (χ0) is 13.9. The summed E-state index contributed by atoms with van der Waals surface area (Å²) < 4.78 is 27.9. The van der Waals surface area contributed by atoms with Crippen LogP contribution in [0.25, 0.3) is 22.3 Å². The lowest BCUT2D eigenvalue weighted by Gasteiger charge is -2.10. The molecule has 1 nitrogen and oxygen atoms in total. The van der Waals surface area contributed by atoms with Gasteiger partial charge in [0.05, 0.1) is 0 Å². The zero-order valence-corrected chi connectivity index (χ0v) is 10.6. The van der Waals surface area contributed by atoms with Gasteiger partial charge in [-0.2, -0.15) is 0 Å². The van der Waals surface area contributed by atoms with E-state index in [4.69, 9.17) is 0 Å². The number of aromatic nitrogens is 1. The van der Waals surface area contributed by atoms with E-state index in [-0.39, 0.29) is 11.6 Å². The van der Waals surface area contributed by atoms with E-state index in [1.54, 1.807) is 54.9 Å².